The SMILES string of the molecule is CN(C(=O)C1CCCN(c2ncccc2C(F)(F)F)C1)C1CCC(N)CC1.Cl. The van der Waals surface area contributed by atoms with E-state index in [-0.39, 0.29) is 48.7 Å². The van der Waals surface area contributed by atoms with Crippen molar-refractivity contribution in [2.24, 2.45) is 11.7 Å². The molecule has 1 saturated heterocycles. The van der Waals surface area contributed by atoms with Gasteiger partial charge in [-0.05, 0) is 50.7 Å². The highest BCUT2D eigenvalue weighted by Gasteiger charge is 2.38. The van der Waals surface area contributed by atoms with Crippen LogP contribution in [-0.4, -0.2) is 48.0 Å². The first kappa shape index (κ1) is 22.7. The molecule has 1 saturated carbocycles. The van der Waals surface area contributed by atoms with E-state index in [9.17, 15) is 18.0 Å². The van der Waals surface area contributed by atoms with Gasteiger partial charge in [-0.25, -0.2) is 4.98 Å². The molecule has 9 heteroatoms. The van der Waals surface area contributed by atoms with E-state index in [2.05, 4.69) is 4.98 Å². The predicted molar refractivity (Wildman–Crippen MR) is 104 cm³/mol. The maximum atomic E-state index is 13.3. The van der Waals surface area contributed by atoms with Crippen molar-refractivity contribution in [3.05, 3.63) is 23.9 Å². The van der Waals surface area contributed by atoms with Gasteiger partial charge in [0.05, 0.1) is 11.5 Å². The van der Waals surface area contributed by atoms with Crippen LogP contribution in [-0.2, 0) is 11.0 Å². The van der Waals surface area contributed by atoms with Crippen molar-refractivity contribution in [1.82, 2.24) is 9.88 Å². The molecule has 3 rings (SSSR count). The van der Waals surface area contributed by atoms with Crippen molar-refractivity contribution in [2.75, 3.05) is 25.0 Å². The lowest BCUT2D eigenvalue weighted by Crippen LogP contribution is -2.48. The summed E-state index contributed by atoms with van der Waals surface area (Å²) in [6.45, 7) is 0.751. The number of alkyl halides is 3. The average molecular weight is 421 g/mol. The number of nitrogens with zero attached hydrogens (tertiary/aromatic N) is 3. The van der Waals surface area contributed by atoms with Crippen LogP contribution in [0.4, 0.5) is 19.0 Å². The molecule has 5 nitrogen and oxygen atoms in total. The number of carbonyl (C=O) groups is 1. The van der Waals surface area contributed by atoms with E-state index in [4.69, 9.17) is 5.73 Å². The summed E-state index contributed by atoms with van der Waals surface area (Å²) in [5.74, 6) is -0.360. The molecule has 0 spiro atoms. The number of carbonyl (C=O) groups excluding carboxylic acids is 1. The van der Waals surface area contributed by atoms with E-state index < -0.39 is 11.7 Å². The van der Waals surface area contributed by atoms with Crippen LogP contribution in [0.25, 0.3) is 0 Å². The van der Waals surface area contributed by atoms with Gasteiger partial charge in [-0.15, -0.1) is 12.4 Å². The normalized spacial score (nSPS) is 25.8. The van der Waals surface area contributed by atoms with Crippen LogP contribution in [0.1, 0.15) is 44.1 Å². The van der Waals surface area contributed by atoms with E-state index in [1.165, 1.54) is 12.3 Å². The van der Waals surface area contributed by atoms with Crippen molar-refractivity contribution in [3.63, 3.8) is 0 Å². The van der Waals surface area contributed by atoms with E-state index >= 15 is 0 Å². The Morgan fingerprint density at radius 1 is 1.25 bits per heavy atom. The second kappa shape index (κ2) is 9.31. The van der Waals surface area contributed by atoms with Crippen molar-refractivity contribution >= 4 is 24.1 Å². The summed E-state index contributed by atoms with van der Waals surface area (Å²) < 4.78 is 39.9. The smallest absolute Gasteiger partial charge is 0.355 e. The van der Waals surface area contributed by atoms with Gasteiger partial charge in [0.2, 0.25) is 5.91 Å². The van der Waals surface area contributed by atoms with E-state index in [0.717, 1.165) is 31.7 Å². The molecule has 28 heavy (non-hydrogen) atoms. The second-order valence-electron chi connectivity index (χ2n) is 7.68. The van der Waals surface area contributed by atoms with Gasteiger partial charge in [-0.2, -0.15) is 13.2 Å². The highest BCUT2D eigenvalue weighted by atomic mass is 35.5. The highest BCUT2D eigenvalue weighted by Crippen LogP contribution is 2.36. The zero-order chi connectivity index (χ0) is 19.6. The third kappa shape index (κ3) is 5.08. The van der Waals surface area contributed by atoms with Crippen molar-refractivity contribution in [1.29, 1.82) is 0 Å². The maximum absolute atomic E-state index is 13.3. The van der Waals surface area contributed by atoms with Gasteiger partial charge < -0.3 is 15.5 Å². The zero-order valence-electron chi connectivity index (χ0n) is 16.0. The van der Waals surface area contributed by atoms with Gasteiger partial charge in [-0.1, -0.05) is 0 Å². The number of anilines is 1. The summed E-state index contributed by atoms with van der Waals surface area (Å²) in [6.07, 6.45) is 1.86. The number of piperidine rings is 1. The van der Waals surface area contributed by atoms with Crippen LogP contribution in [0.2, 0.25) is 0 Å². The molecular weight excluding hydrogens is 393 g/mol. The molecule has 1 atom stereocenters. The topological polar surface area (TPSA) is 62.5 Å². The molecule has 2 aliphatic rings. The summed E-state index contributed by atoms with van der Waals surface area (Å²) in [6, 6.07) is 2.72. The van der Waals surface area contributed by atoms with Gasteiger partial charge in [0.1, 0.15) is 5.82 Å². The van der Waals surface area contributed by atoms with Gasteiger partial charge >= 0.3 is 6.18 Å². The largest absolute Gasteiger partial charge is 0.419 e. The van der Waals surface area contributed by atoms with Crippen LogP contribution >= 0.6 is 12.4 Å². The van der Waals surface area contributed by atoms with Crippen LogP contribution < -0.4 is 10.6 Å². The first-order chi connectivity index (χ1) is 12.8. The van der Waals surface area contributed by atoms with Gasteiger partial charge in [0, 0.05) is 38.4 Å². The van der Waals surface area contributed by atoms with E-state index in [1.807, 2.05) is 7.05 Å². The minimum Gasteiger partial charge on any atom is -0.355 e. The molecule has 1 aliphatic heterocycles. The maximum Gasteiger partial charge on any atom is 0.419 e. The molecule has 0 bridgehead atoms. The molecule has 2 heterocycles. The van der Waals surface area contributed by atoms with E-state index in [0.29, 0.717) is 19.4 Å². The molecule has 1 amide bonds. The summed E-state index contributed by atoms with van der Waals surface area (Å²) in [5, 5.41) is 0. The van der Waals surface area contributed by atoms with Gasteiger partial charge in [-0.3, -0.25) is 4.79 Å². The number of hydrogen-bond acceptors (Lipinski definition) is 4. The molecule has 1 aliphatic carbocycles. The number of pyridine rings is 1. The third-order valence-electron chi connectivity index (χ3n) is 5.80. The fourth-order valence-corrected chi connectivity index (χ4v) is 4.20. The Labute approximate surface area is 169 Å². The fraction of sp³-hybridized carbons (Fsp3) is 0.684. The van der Waals surface area contributed by atoms with Crippen LogP contribution in [0.3, 0.4) is 0 Å². The Hall–Kier alpha value is -1.54. The highest BCUT2D eigenvalue weighted by molar-refractivity contribution is 5.85. The number of aromatic nitrogens is 1. The Bertz CT molecular complexity index is 665. The molecular formula is C19H28ClF3N4O. The lowest BCUT2D eigenvalue weighted by atomic mass is 9.89. The zero-order valence-corrected chi connectivity index (χ0v) is 16.8. The quantitative estimate of drug-likeness (QED) is 0.813. The summed E-state index contributed by atoms with van der Waals surface area (Å²) in [5.41, 5.74) is 5.20. The van der Waals surface area contributed by atoms with Crippen LogP contribution in [0, 0.1) is 5.92 Å². The lowest BCUT2D eigenvalue weighted by molar-refractivity contribution is -0.137. The number of halogens is 4. The number of amides is 1. The Morgan fingerprint density at radius 2 is 1.93 bits per heavy atom. The van der Waals surface area contributed by atoms with Crippen molar-refractivity contribution < 1.29 is 18.0 Å². The van der Waals surface area contributed by atoms with Crippen LogP contribution in [0.15, 0.2) is 18.3 Å². The molecule has 1 unspecified atom stereocenters. The molecule has 1 aromatic rings. The molecule has 2 N–H and O–H groups in total. The molecule has 2 fully saturated rings. The summed E-state index contributed by atoms with van der Waals surface area (Å²) in [7, 11) is 1.81. The fourth-order valence-electron chi connectivity index (χ4n) is 4.20. The molecule has 1 aromatic heterocycles. The molecule has 158 valence electrons. The van der Waals surface area contributed by atoms with Crippen LogP contribution in [0.5, 0.6) is 0 Å². The molecule has 0 aromatic carbocycles. The Balaban J connectivity index is 0.00000280. The summed E-state index contributed by atoms with van der Waals surface area (Å²) in [4.78, 5) is 20.3. The van der Waals surface area contributed by atoms with Gasteiger partial charge in [0.25, 0.3) is 0 Å². The number of hydrogen-bond donors (Lipinski definition) is 1. The lowest BCUT2D eigenvalue weighted by Gasteiger charge is -2.39. The first-order valence-electron chi connectivity index (χ1n) is 9.56. The third-order valence-corrected chi connectivity index (χ3v) is 5.80. The Kier molecular flexibility index (Phi) is 7.56. The standard InChI is InChI=1S/C19H27F3N4O.ClH/c1-25(15-8-6-14(23)7-9-15)18(27)13-4-3-11-26(12-13)17-16(19(20,21)22)5-2-10-24-17;/h2,5,10,13-15H,3-4,6-9,11-12,23H2,1H3;1H. The minimum absolute atomic E-state index is 0. The minimum atomic E-state index is -4.46. The second-order valence-corrected chi connectivity index (χ2v) is 7.68. The number of rotatable bonds is 3. The molecule has 0 radical (unpaired) electrons. The van der Waals surface area contributed by atoms with E-state index in [1.54, 1.807) is 9.80 Å². The monoisotopic (exact) mass is 420 g/mol. The summed E-state index contributed by atoms with van der Waals surface area (Å²) >= 11 is 0. The predicted octanol–water partition coefficient (Wildman–Crippen LogP) is 3.47. The van der Waals surface area contributed by atoms with Gasteiger partial charge in [0.15, 0.2) is 0 Å². The average Bonchev–Trinajstić information content (AvgIpc) is 2.67. The Morgan fingerprint density at radius 3 is 2.57 bits per heavy atom. The van der Waals surface area contributed by atoms with Crippen molar-refractivity contribution in [2.45, 2.75) is 56.8 Å². The number of nitrogens with two attached hydrogens (primary N) is 1. The van der Waals surface area contributed by atoms with Crippen molar-refractivity contribution in [3.8, 4) is 0 Å². The first-order valence-corrected chi connectivity index (χ1v) is 9.56.